The molecular weight excluding hydrogens is 340 g/mol. The van der Waals surface area contributed by atoms with E-state index in [4.69, 9.17) is 4.74 Å². The minimum atomic E-state index is -0.263. The Labute approximate surface area is 161 Å². The maximum absolute atomic E-state index is 12.3. The Hall–Kier alpha value is -2.82. The molecule has 0 spiro atoms. The van der Waals surface area contributed by atoms with Crippen molar-refractivity contribution >= 4 is 17.5 Å². The van der Waals surface area contributed by atoms with Gasteiger partial charge in [-0.3, -0.25) is 9.59 Å². The highest BCUT2D eigenvalue weighted by atomic mass is 16.5. The first-order chi connectivity index (χ1) is 12.8. The van der Waals surface area contributed by atoms with Crippen molar-refractivity contribution < 1.29 is 14.3 Å². The fourth-order valence-electron chi connectivity index (χ4n) is 2.62. The van der Waals surface area contributed by atoms with Gasteiger partial charge in [0.1, 0.15) is 5.75 Å². The summed E-state index contributed by atoms with van der Waals surface area (Å²) < 4.78 is 5.73. The quantitative estimate of drug-likeness (QED) is 0.770. The molecule has 0 heterocycles. The van der Waals surface area contributed by atoms with Gasteiger partial charge in [0.25, 0.3) is 11.8 Å². The van der Waals surface area contributed by atoms with Gasteiger partial charge in [-0.05, 0) is 61.6 Å². The number of carbonyl (C=O) groups excluding carboxylic acids is 2. The highest BCUT2D eigenvalue weighted by Crippen LogP contribution is 2.24. The van der Waals surface area contributed by atoms with Crippen molar-refractivity contribution in [3.05, 3.63) is 58.7 Å². The molecular formula is C22H28N2O3. The van der Waals surface area contributed by atoms with E-state index in [1.165, 1.54) is 5.56 Å². The van der Waals surface area contributed by atoms with Crippen molar-refractivity contribution in [1.82, 2.24) is 5.32 Å². The molecule has 2 rings (SSSR count). The highest BCUT2D eigenvalue weighted by Gasteiger charge is 2.11. The van der Waals surface area contributed by atoms with Gasteiger partial charge in [0.2, 0.25) is 0 Å². The normalized spacial score (nSPS) is 10.6. The summed E-state index contributed by atoms with van der Waals surface area (Å²) in [4.78, 5) is 24.3. The highest BCUT2D eigenvalue weighted by molar-refractivity contribution is 5.98. The van der Waals surface area contributed by atoms with Crippen LogP contribution in [0.25, 0.3) is 0 Å². The molecule has 2 aromatic carbocycles. The predicted octanol–water partition coefficient (Wildman–Crippen LogP) is 4.19. The van der Waals surface area contributed by atoms with Gasteiger partial charge in [-0.15, -0.1) is 0 Å². The summed E-state index contributed by atoms with van der Waals surface area (Å²) in [6.07, 6.45) is 0. The number of nitrogens with one attached hydrogen (secondary N) is 2. The Morgan fingerprint density at radius 3 is 2.41 bits per heavy atom. The molecule has 0 radical (unpaired) electrons. The van der Waals surface area contributed by atoms with E-state index >= 15 is 0 Å². The van der Waals surface area contributed by atoms with Crippen LogP contribution in [0.2, 0.25) is 0 Å². The minimum absolute atomic E-state index is 0.0901. The summed E-state index contributed by atoms with van der Waals surface area (Å²) in [5.41, 5.74) is 4.16. The van der Waals surface area contributed by atoms with Crippen molar-refractivity contribution in [2.75, 3.05) is 18.5 Å². The lowest BCUT2D eigenvalue weighted by Gasteiger charge is -2.14. The average molecular weight is 368 g/mol. The zero-order chi connectivity index (χ0) is 20.0. The van der Waals surface area contributed by atoms with E-state index in [0.717, 1.165) is 11.1 Å². The van der Waals surface area contributed by atoms with Crippen molar-refractivity contribution in [3.63, 3.8) is 0 Å². The van der Waals surface area contributed by atoms with E-state index in [-0.39, 0.29) is 18.4 Å². The Morgan fingerprint density at radius 2 is 1.74 bits per heavy atom. The van der Waals surface area contributed by atoms with Crippen molar-refractivity contribution in [2.24, 2.45) is 0 Å². The molecule has 0 unspecified atom stereocenters. The van der Waals surface area contributed by atoms with Crippen molar-refractivity contribution in [3.8, 4) is 5.75 Å². The number of amides is 2. The smallest absolute Gasteiger partial charge is 0.262 e. The van der Waals surface area contributed by atoms with Gasteiger partial charge in [0.05, 0.1) is 0 Å². The molecule has 144 valence electrons. The lowest BCUT2D eigenvalue weighted by atomic mass is 10.0. The number of carbonyl (C=O) groups is 2. The molecule has 0 saturated carbocycles. The molecule has 2 aromatic rings. The monoisotopic (exact) mass is 368 g/mol. The van der Waals surface area contributed by atoms with Crippen LogP contribution in [0.5, 0.6) is 5.75 Å². The number of anilines is 1. The number of benzene rings is 2. The van der Waals surface area contributed by atoms with Gasteiger partial charge >= 0.3 is 0 Å². The van der Waals surface area contributed by atoms with Crippen LogP contribution in [0, 0.1) is 13.8 Å². The second-order valence-electron chi connectivity index (χ2n) is 6.91. The molecule has 0 aliphatic carbocycles. The lowest BCUT2D eigenvalue weighted by molar-refractivity contribution is -0.118. The second-order valence-corrected chi connectivity index (χ2v) is 6.91. The summed E-state index contributed by atoms with van der Waals surface area (Å²) in [6, 6.07) is 11.3. The van der Waals surface area contributed by atoms with E-state index in [0.29, 0.717) is 29.5 Å². The standard InChI is InChI=1S/C22H28N2O3/c1-6-23-22(26)18-10-7-15(4)19(11-18)24-21(25)13-27-20-12-17(14(2)3)9-8-16(20)5/h7-12,14H,6,13H2,1-5H3,(H,23,26)(H,24,25). The average Bonchev–Trinajstić information content (AvgIpc) is 2.62. The maximum Gasteiger partial charge on any atom is 0.262 e. The summed E-state index contributed by atoms with van der Waals surface area (Å²) in [7, 11) is 0. The molecule has 27 heavy (non-hydrogen) atoms. The van der Waals surface area contributed by atoms with E-state index in [9.17, 15) is 9.59 Å². The molecule has 0 fully saturated rings. The Morgan fingerprint density at radius 1 is 1.04 bits per heavy atom. The molecule has 0 aromatic heterocycles. The Kier molecular flexibility index (Phi) is 6.99. The molecule has 0 aliphatic rings. The number of ether oxygens (including phenoxy) is 1. The molecule has 0 bridgehead atoms. The number of hydrogen-bond acceptors (Lipinski definition) is 3. The van der Waals surface area contributed by atoms with Crippen LogP contribution in [0.1, 0.15) is 53.7 Å². The zero-order valence-electron chi connectivity index (χ0n) is 16.7. The maximum atomic E-state index is 12.3. The van der Waals surface area contributed by atoms with Crippen LogP contribution in [0.3, 0.4) is 0 Å². The first-order valence-corrected chi connectivity index (χ1v) is 9.23. The largest absolute Gasteiger partial charge is 0.483 e. The van der Waals surface area contributed by atoms with E-state index in [1.54, 1.807) is 12.1 Å². The third-order valence-corrected chi connectivity index (χ3v) is 4.35. The van der Waals surface area contributed by atoms with Crippen LogP contribution in [0.15, 0.2) is 36.4 Å². The topological polar surface area (TPSA) is 67.4 Å². The molecule has 2 N–H and O–H groups in total. The van der Waals surface area contributed by atoms with E-state index in [1.807, 2.05) is 39.0 Å². The SMILES string of the molecule is CCNC(=O)c1ccc(C)c(NC(=O)COc2cc(C(C)C)ccc2C)c1. The summed E-state index contributed by atoms with van der Waals surface area (Å²) in [6.45, 7) is 10.4. The Bertz CT molecular complexity index is 828. The second kappa shape index (κ2) is 9.21. The molecule has 2 amide bonds. The van der Waals surface area contributed by atoms with Crippen molar-refractivity contribution in [1.29, 1.82) is 0 Å². The van der Waals surface area contributed by atoms with Gasteiger partial charge in [-0.1, -0.05) is 32.0 Å². The van der Waals surface area contributed by atoms with Crippen LogP contribution in [0.4, 0.5) is 5.69 Å². The van der Waals surface area contributed by atoms with Gasteiger partial charge < -0.3 is 15.4 Å². The minimum Gasteiger partial charge on any atom is -0.483 e. The van der Waals surface area contributed by atoms with Crippen LogP contribution in [-0.2, 0) is 4.79 Å². The fraction of sp³-hybridized carbons (Fsp3) is 0.364. The first-order valence-electron chi connectivity index (χ1n) is 9.23. The van der Waals surface area contributed by atoms with E-state index < -0.39 is 0 Å². The summed E-state index contributed by atoms with van der Waals surface area (Å²) in [5, 5.41) is 5.58. The third-order valence-electron chi connectivity index (χ3n) is 4.35. The molecule has 0 saturated heterocycles. The lowest BCUT2D eigenvalue weighted by Crippen LogP contribution is -2.24. The zero-order valence-corrected chi connectivity index (χ0v) is 16.7. The molecule has 0 atom stereocenters. The van der Waals surface area contributed by atoms with Gasteiger partial charge in [-0.25, -0.2) is 0 Å². The number of hydrogen-bond donors (Lipinski definition) is 2. The summed E-state index contributed by atoms with van der Waals surface area (Å²) >= 11 is 0. The molecule has 5 heteroatoms. The van der Waals surface area contributed by atoms with Crippen LogP contribution >= 0.6 is 0 Å². The van der Waals surface area contributed by atoms with Crippen LogP contribution in [-0.4, -0.2) is 25.0 Å². The molecule has 0 aliphatic heterocycles. The summed E-state index contributed by atoms with van der Waals surface area (Å²) in [5.74, 6) is 0.677. The fourth-order valence-corrected chi connectivity index (χ4v) is 2.62. The van der Waals surface area contributed by atoms with Gasteiger partial charge in [0.15, 0.2) is 6.61 Å². The van der Waals surface area contributed by atoms with E-state index in [2.05, 4.69) is 30.5 Å². The number of rotatable bonds is 7. The van der Waals surface area contributed by atoms with Gasteiger partial charge in [-0.2, -0.15) is 0 Å². The predicted molar refractivity (Wildman–Crippen MR) is 109 cm³/mol. The third kappa shape index (κ3) is 5.58. The molecule has 5 nitrogen and oxygen atoms in total. The van der Waals surface area contributed by atoms with Crippen LogP contribution < -0.4 is 15.4 Å². The number of aryl methyl sites for hydroxylation is 2. The van der Waals surface area contributed by atoms with Gasteiger partial charge in [0, 0.05) is 17.8 Å². The van der Waals surface area contributed by atoms with Crippen molar-refractivity contribution in [2.45, 2.75) is 40.5 Å². The first kappa shape index (κ1) is 20.5. The Balaban J connectivity index is 2.05.